The van der Waals surface area contributed by atoms with Crippen molar-refractivity contribution in [1.29, 1.82) is 0 Å². The summed E-state index contributed by atoms with van der Waals surface area (Å²) in [4.78, 5) is 15.4. The van der Waals surface area contributed by atoms with Gasteiger partial charge in [0.1, 0.15) is 6.61 Å². The molecular weight excluding hydrogens is 236 g/mol. The SMILES string of the molecule is COCCOCCOC(=O)Cc1ccc(N)cn1. The smallest absolute Gasteiger partial charge is 0.311 e. The minimum atomic E-state index is -0.331. The van der Waals surface area contributed by atoms with Gasteiger partial charge in [0.25, 0.3) is 0 Å². The second kappa shape index (κ2) is 8.43. The van der Waals surface area contributed by atoms with E-state index in [4.69, 9.17) is 19.9 Å². The third-order valence-corrected chi connectivity index (χ3v) is 2.10. The standard InChI is InChI=1S/C12H18N2O4/c1-16-4-5-17-6-7-18-12(15)8-11-3-2-10(13)9-14-11/h2-3,9H,4-8,13H2,1H3. The number of anilines is 1. The molecule has 6 nitrogen and oxygen atoms in total. The molecule has 0 bridgehead atoms. The van der Waals surface area contributed by atoms with Crippen LogP contribution in [0.1, 0.15) is 5.69 Å². The minimum absolute atomic E-state index is 0.137. The van der Waals surface area contributed by atoms with Crippen molar-refractivity contribution in [1.82, 2.24) is 4.98 Å². The first-order chi connectivity index (χ1) is 8.72. The summed E-state index contributed by atoms with van der Waals surface area (Å²) < 4.78 is 14.9. The topological polar surface area (TPSA) is 83.7 Å². The van der Waals surface area contributed by atoms with Gasteiger partial charge >= 0.3 is 5.97 Å². The van der Waals surface area contributed by atoms with Gasteiger partial charge in [-0.15, -0.1) is 0 Å². The average molecular weight is 254 g/mol. The molecule has 0 unspecified atom stereocenters. The molecule has 2 N–H and O–H groups in total. The summed E-state index contributed by atoms with van der Waals surface area (Å²) in [6, 6.07) is 3.40. The predicted octanol–water partition coefficient (Wildman–Crippen LogP) is 0.412. The Labute approximate surface area is 106 Å². The van der Waals surface area contributed by atoms with E-state index in [1.54, 1.807) is 19.2 Å². The van der Waals surface area contributed by atoms with Crippen LogP contribution in [0.25, 0.3) is 0 Å². The van der Waals surface area contributed by atoms with Crippen LogP contribution in [0.15, 0.2) is 18.3 Å². The summed E-state index contributed by atoms with van der Waals surface area (Å²) >= 11 is 0. The first-order valence-electron chi connectivity index (χ1n) is 5.65. The zero-order valence-corrected chi connectivity index (χ0v) is 10.4. The molecule has 1 heterocycles. The van der Waals surface area contributed by atoms with Crippen LogP contribution in [-0.2, 0) is 25.4 Å². The van der Waals surface area contributed by atoms with Crippen molar-refractivity contribution < 1.29 is 19.0 Å². The van der Waals surface area contributed by atoms with E-state index in [0.29, 0.717) is 31.2 Å². The van der Waals surface area contributed by atoms with Gasteiger partial charge in [0, 0.05) is 7.11 Å². The van der Waals surface area contributed by atoms with Gasteiger partial charge < -0.3 is 19.9 Å². The molecule has 1 aromatic rings. The van der Waals surface area contributed by atoms with Crippen molar-refractivity contribution in [2.75, 3.05) is 39.3 Å². The Balaban J connectivity index is 2.12. The quantitative estimate of drug-likeness (QED) is 0.534. The fraction of sp³-hybridized carbons (Fsp3) is 0.500. The monoisotopic (exact) mass is 254 g/mol. The number of pyridine rings is 1. The second-order valence-electron chi connectivity index (χ2n) is 3.59. The Morgan fingerprint density at radius 2 is 2.06 bits per heavy atom. The Kier molecular flexibility index (Phi) is 6.75. The number of methoxy groups -OCH3 is 1. The van der Waals surface area contributed by atoms with Crippen molar-refractivity contribution >= 4 is 11.7 Å². The van der Waals surface area contributed by atoms with Crippen LogP contribution in [0.4, 0.5) is 5.69 Å². The number of esters is 1. The summed E-state index contributed by atoms with van der Waals surface area (Å²) in [5.74, 6) is -0.331. The van der Waals surface area contributed by atoms with Crippen LogP contribution in [0.3, 0.4) is 0 Å². The Morgan fingerprint density at radius 1 is 1.28 bits per heavy atom. The maximum atomic E-state index is 11.4. The number of ether oxygens (including phenoxy) is 3. The fourth-order valence-electron chi connectivity index (χ4n) is 1.20. The van der Waals surface area contributed by atoms with Crippen molar-refractivity contribution in [3.63, 3.8) is 0 Å². The maximum Gasteiger partial charge on any atom is 0.311 e. The Hall–Kier alpha value is -1.66. The molecule has 1 aromatic heterocycles. The Morgan fingerprint density at radius 3 is 2.72 bits per heavy atom. The van der Waals surface area contributed by atoms with E-state index in [1.807, 2.05) is 0 Å². The van der Waals surface area contributed by atoms with Crippen LogP contribution in [0.2, 0.25) is 0 Å². The van der Waals surface area contributed by atoms with E-state index in [0.717, 1.165) is 0 Å². The number of hydrogen-bond acceptors (Lipinski definition) is 6. The lowest BCUT2D eigenvalue weighted by Gasteiger charge is -2.05. The fourth-order valence-corrected chi connectivity index (χ4v) is 1.20. The normalized spacial score (nSPS) is 10.3. The number of nitrogen functional groups attached to an aromatic ring is 1. The average Bonchev–Trinajstić information content (AvgIpc) is 2.36. The summed E-state index contributed by atoms with van der Waals surface area (Å²) in [5, 5.41) is 0. The highest BCUT2D eigenvalue weighted by atomic mass is 16.6. The van der Waals surface area contributed by atoms with Gasteiger partial charge in [0.15, 0.2) is 0 Å². The van der Waals surface area contributed by atoms with E-state index < -0.39 is 0 Å². The van der Waals surface area contributed by atoms with Gasteiger partial charge in [-0.1, -0.05) is 0 Å². The van der Waals surface area contributed by atoms with Crippen molar-refractivity contribution in [3.8, 4) is 0 Å². The number of aromatic nitrogens is 1. The number of carbonyl (C=O) groups is 1. The molecule has 0 atom stereocenters. The van der Waals surface area contributed by atoms with Gasteiger partial charge in [-0.2, -0.15) is 0 Å². The molecule has 0 aromatic carbocycles. The molecule has 0 aliphatic rings. The molecule has 0 aliphatic heterocycles. The molecule has 0 spiro atoms. The highest BCUT2D eigenvalue weighted by molar-refractivity contribution is 5.72. The highest BCUT2D eigenvalue weighted by Crippen LogP contribution is 2.02. The number of carbonyl (C=O) groups excluding carboxylic acids is 1. The largest absolute Gasteiger partial charge is 0.463 e. The number of nitrogens with two attached hydrogens (primary N) is 1. The van der Waals surface area contributed by atoms with E-state index >= 15 is 0 Å². The Bertz CT molecular complexity index is 354. The second-order valence-corrected chi connectivity index (χ2v) is 3.59. The zero-order chi connectivity index (χ0) is 13.2. The molecule has 0 amide bonds. The van der Waals surface area contributed by atoms with Gasteiger partial charge in [0.2, 0.25) is 0 Å². The van der Waals surface area contributed by atoms with E-state index in [1.165, 1.54) is 6.20 Å². The van der Waals surface area contributed by atoms with Crippen molar-refractivity contribution in [2.24, 2.45) is 0 Å². The van der Waals surface area contributed by atoms with Crippen molar-refractivity contribution in [2.45, 2.75) is 6.42 Å². The van der Waals surface area contributed by atoms with Gasteiger partial charge in [-0.3, -0.25) is 9.78 Å². The van der Waals surface area contributed by atoms with Crippen LogP contribution in [0, 0.1) is 0 Å². The van der Waals surface area contributed by atoms with Crippen LogP contribution in [0.5, 0.6) is 0 Å². The highest BCUT2D eigenvalue weighted by Gasteiger charge is 2.05. The molecule has 0 aliphatic carbocycles. The minimum Gasteiger partial charge on any atom is -0.463 e. The summed E-state index contributed by atoms with van der Waals surface area (Å²) in [6.07, 6.45) is 1.65. The van der Waals surface area contributed by atoms with E-state index in [9.17, 15) is 4.79 Å². The molecule has 18 heavy (non-hydrogen) atoms. The lowest BCUT2D eigenvalue weighted by molar-refractivity contribution is -0.144. The summed E-state index contributed by atoms with van der Waals surface area (Å²) in [6.45, 7) is 1.62. The van der Waals surface area contributed by atoms with Gasteiger partial charge in [-0.25, -0.2) is 0 Å². The predicted molar refractivity (Wildman–Crippen MR) is 66.0 cm³/mol. The first-order valence-corrected chi connectivity index (χ1v) is 5.65. The number of rotatable bonds is 8. The number of nitrogens with zero attached hydrogens (tertiary/aromatic N) is 1. The summed E-state index contributed by atoms with van der Waals surface area (Å²) in [5.41, 5.74) is 6.69. The molecule has 0 saturated heterocycles. The van der Waals surface area contributed by atoms with Gasteiger partial charge in [0.05, 0.1) is 43.8 Å². The number of hydrogen-bond donors (Lipinski definition) is 1. The van der Waals surface area contributed by atoms with Crippen molar-refractivity contribution in [3.05, 3.63) is 24.0 Å². The lowest BCUT2D eigenvalue weighted by Crippen LogP contribution is -2.14. The zero-order valence-electron chi connectivity index (χ0n) is 10.4. The molecule has 0 radical (unpaired) electrons. The van der Waals surface area contributed by atoms with Crippen LogP contribution in [-0.4, -0.2) is 44.5 Å². The molecular formula is C12H18N2O4. The third-order valence-electron chi connectivity index (χ3n) is 2.10. The maximum absolute atomic E-state index is 11.4. The molecule has 6 heteroatoms. The summed E-state index contributed by atoms with van der Waals surface area (Å²) in [7, 11) is 1.60. The molecule has 0 fully saturated rings. The first kappa shape index (κ1) is 14.4. The third kappa shape index (κ3) is 6.17. The van der Waals surface area contributed by atoms with Gasteiger partial charge in [-0.05, 0) is 12.1 Å². The van der Waals surface area contributed by atoms with Crippen LogP contribution >= 0.6 is 0 Å². The van der Waals surface area contributed by atoms with E-state index in [2.05, 4.69) is 4.98 Å². The lowest BCUT2D eigenvalue weighted by atomic mass is 10.2. The molecule has 100 valence electrons. The van der Waals surface area contributed by atoms with Crippen LogP contribution < -0.4 is 5.73 Å². The van der Waals surface area contributed by atoms with E-state index in [-0.39, 0.29) is 19.0 Å². The molecule has 0 saturated carbocycles. The molecule has 1 rings (SSSR count).